The summed E-state index contributed by atoms with van der Waals surface area (Å²) in [4.78, 5) is 23.2. The molecule has 1 amide bonds. The summed E-state index contributed by atoms with van der Waals surface area (Å²) in [5.74, 6) is -0.473. The molecule has 1 saturated heterocycles. The van der Waals surface area contributed by atoms with Gasteiger partial charge in [-0.05, 0) is 19.8 Å². The summed E-state index contributed by atoms with van der Waals surface area (Å²) < 4.78 is 15.2. The molecule has 180 valence electrons. The number of hydrogen-bond acceptors (Lipinski definition) is 8. The number of ether oxygens (including phenoxy) is 3. The van der Waals surface area contributed by atoms with Gasteiger partial charge in [0.15, 0.2) is 6.29 Å². The van der Waals surface area contributed by atoms with Gasteiger partial charge in [-0.1, -0.05) is 45.1 Å². The van der Waals surface area contributed by atoms with Gasteiger partial charge in [0.2, 0.25) is 5.91 Å². The summed E-state index contributed by atoms with van der Waals surface area (Å²) in [6.45, 7) is 5.76. The van der Waals surface area contributed by atoms with E-state index in [1.165, 1.54) is 7.11 Å². The second kappa shape index (κ2) is 15.3. The number of carbonyl (C=O) groups excluding carboxylic acids is 2. The predicted molar refractivity (Wildman–Crippen MR) is 114 cm³/mol. The molecule has 0 aromatic heterocycles. The number of unbranched alkanes of at least 4 members (excludes halogenated alkanes) is 7. The molecule has 4 N–H and O–H groups in total. The Labute approximate surface area is 184 Å². The number of rotatable bonds is 15. The molecule has 31 heavy (non-hydrogen) atoms. The monoisotopic (exact) mass is 445 g/mol. The molecule has 0 aromatic carbocycles. The molecule has 1 fully saturated rings. The molecular weight excluding hydrogens is 406 g/mol. The highest BCUT2D eigenvalue weighted by molar-refractivity contribution is 5.91. The fourth-order valence-corrected chi connectivity index (χ4v) is 3.39. The van der Waals surface area contributed by atoms with Crippen molar-refractivity contribution in [3.63, 3.8) is 0 Å². The standard InChI is InChI=1S/C22H39NO8/c1-15(2)21(27)23-13-11-9-7-5-4-6-8-10-12-17(24)30-14-16-18(25)20(29-3)19(26)22(28)31-16/h16,18-20,22,25-26,28H,1,4-14H2,2-3H3,(H,23,27)/t16-,18-,19-,20+,22+/m1/s1. The largest absolute Gasteiger partial charge is 0.463 e. The zero-order valence-electron chi connectivity index (χ0n) is 18.8. The van der Waals surface area contributed by atoms with Crippen LogP contribution in [0.5, 0.6) is 0 Å². The van der Waals surface area contributed by atoms with Crippen LogP contribution in [0.15, 0.2) is 12.2 Å². The van der Waals surface area contributed by atoms with Crippen LogP contribution in [-0.4, -0.2) is 78.2 Å². The van der Waals surface area contributed by atoms with Crippen molar-refractivity contribution in [2.45, 2.75) is 95.4 Å². The van der Waals surface area contributed by atoms with Crippen molar-refractivity contribution >= 4 is 11.9 Å². The van der Waals surface area contributed by atoms with E-state index in [1.807, 2.05) is 0 Å². The van der Waals surface area contributed by atoms with Crippen molar-refractivity contribution in [3.8, 4) is 0 Å². The molecule has 0 aromatic rings. The van der Waals surface area contributed by atoms with Gasteiger partial charge in [-0.25, -0.2) is 0 Å². The van der Waals surface area contributed by atoms with Crippen molar-refractivity contribution in [2.24, 2.45) is 0 Å². The number of esters is 1. The van der Waals surface area contributed by atoms with Gasteiger partial charge in [0, 0.05) is 25.6 Å². The molecule has 1 heterocycles. The summed E-state index contributed by atoms with van der Waals surface area (Å²) in [5, 5.41) is 32.3. The zero-order chi connectivity index (χ0) is 23.2. The van der Waals surface area contributed by atoms with Crippen LogP contribution in [0.2, 0.25) is 0 Å². The number of carbonyl (C=O) groups is 2. The average molecular weight is 446 g/mol. The van der Waals surface area contributed by atoms with Crippen LogP contribution >= 0.6 is 0 Å². The molecule has 0 bridgehead atoms. The molecule has 1 aliphatic rings. The Morgan fingerprint density at radius 2 is 1.55 bits per heavy atom. The maximum Gasteiger partial charge on any atom is 0.305 e. The van der Waals surface area contributed by atoms with Crippen LogP contribution in [0.1, 0.15) is 64.7 Å². The summed E-state index contributed by atoms with van der Waals surface area (Å²) in [5.41, 5.74) is 0.530. The lowest BCUT2D eigenvalue weighted by Crippen LogP contribution is -2.59. The van der Waals surface area contributed by atoms with Crippen LogP contribution in [-0.2, 0) is 23.8 Å². The van der Waals surface area contributed by atoms with Crippen LogP contribution < -0.4 is 5.32 Å². The van der Waals surface area contributed by atoms with Crippen LogP contribution in [0.25, 0.3) is 0 Å². The lowest BCUT2D eigenvalue weighted by Gasteiger charge is -2.39. The van der Waals surface area contributed by atoms with Crippen LogP contribution in [0.3, 0.4) is 0 Å². The fraction of sp³-hybridized carbons (Fsp3) is 0.818. The minimum absolute atomic E-state index is 0.0865. The smallest absolute Gasteiger partial charge is 0.305 e. The first kappa shape index (κ1) is 27.5. The molecule has 0 radical (unpaired) electrons. The SMILES string of the molecule is C=C(C)C(=O)NCCCCCCCCCCC(=O)OC[C@H]1O[C@H](O)[C@H](O)[C@@H](OC)[C@@H]1O. The summed E-state index contributed by atoms with van der Waals surface area (Å²) in [6.07, 6.45) is 2.33. The Morgan fingerprint density at radius 3 is 2.13 bits per heavy atom. The second-order valence-corrected chi connectivity index (χ2v) is 8.04. The number of hydrogen-bond donors (Lipinski definition) is 4. The molecular formula is C22H39NO8. The number of aliphatic hydroxyl groups is 3. The number of nitrogens with one attached hydrogen (secondary N) is 1. The van der Waals surface area contributed by atoms with Gasteiger partial charge in [0.1, 0.15) is 31.0 Å². The average Bonchev–Trinajstić information content (AvgIpc) is 2.73. The van der Waals surface area contributed by atoms with E-state index in [1.54, 1.807) is 6.92 Å². The molecule has 0 aliphatic carbocycles. The third-order valence-electron chi connectivity index (χ3n) is 5.32. The van der Waals surface area contributed by atoms with Gasteiger partial charge >= 0.3 is 5.97 Å². The van der Waals surface area contributed by atoms with Gasteiger partial charge in [-0.2, -0.15) is 0 Å². The highest BCUT2D eigenvalue weighted by atomic mass is 16.7. The van der Waals surface area contributed by atoms with E-state index in [0.29, 0.717) is 12.1 Å². The van der Waals surface area contributed by atoms with E-state index in [9.17, 15) is 24.9 Å². The zero-order valence-corrected chi connectivity index (χ0v) is 18.8. The summed E-state index contributed by atoms with van der Waals surface area (Å²) >= 11 is 0. The lowest BCUT2D eigenvalue weighted by atomic mass is 9.99. The van der Waals surface area contributed by atoms with Gasteiger partial charge < -0.3 is 34.8 Å². The van der Waals surface area contributed by atoms with E-state index in [-0.39, 0.29) is 24.9 Å². The van der Waals surface area contributed by atoms with Crippen molar-refractivity contribution in [2.75, 3.05) is 20.3 Å². The third-order valence-corrected chi connectivity index (χ3v) is 5.32. The van der Waals surface area contributed by atoms with Gasteiger partial charge in [-0.15, -0.1) is 0 Å². The quantitative estimate of drug-likeness (QED) is 0.168. The number of aliphatic hydroxyl groups excluding tert-OH is 3. The highest BCUT2D eigenvalue weighted by Gasteiger charge is 2.44. The summed E-state index contributed by atoms with van der Waals surface area (Å²) in [7, 11) is 1.31. The Hall–Kier alpha value is -1.52. The molecule has 0 saturated carbocycles. The third kappa shape index (κ3) is 10.6. The van der Waals surface area contributed by atoms with E-state index in [2.05, 4.69) is 11.9 Å². The van der Waals surface area contributed by atoms with Crippen molar-refractivity contribution in [1.29, 1.82) is 0 Å². The first-order valence-corrected chi connectivity index (χ1v) is 11.1. The molecule has 1 rings (SSSR count). The Morgan fingerprint density at radius 1 is 0.968 bits per heavy atom. The van der Waals surface area contributed by atoms with Gasteiger partial charge in [-0.3, -0.25) is 9.59 Å². The minimum atomic E-state index is -1.51. The van der Waals surface area contributed by atoms with Crippen molar-refractivity contribution in [1.82, 2.24) is 5.32 Å². The second-order valence-electron chi connectivity index (χ2n) is 8.04. The van der Waals surface area contributed by atoms with Crippen LogP contribution in [0.4, 0.5) is 0 Å². The van der Waals surface area contributed by atoms with E-state index >= 15 is 0 Å². The Balaban J connectivity index is 2.00. The van der Waals surface area contributed by atoms with Crippen LogP contribution in [0, 0.1) is 0 Å². The Kier molecular flexibility index (Phi) is 13.6. The molecule has 5 atom stereocenters. The van der Waals surface area contributed by atoms with E-state index in [4.69, 9.17) is 14.2 Å². The normalized spacial score (nSPS) is 25.8. The first-order valence-electron chi connectivity index (χ1n) is 11.1. The van der Waals surface area contributed by atoms with E-state index < -0.39 is 30.7 Å². The highest BCUT2D eigenvalue weighted by Crippen LogP contribution is 2.22. The fourth-order valence-electron chi connectivity index (χ4n) is 3.39. The number of methoxy groups -OCH3 is 1. The molecule has 0 spiro atoms. The van der Waals surface area contributed by atoms with Gasteiger partial charge in [0.05, 0.1) is 0 Å². The first-order chi connectivity index (χ1) is 14.8. The predicted octanol–water partition coefficient (Wildman–Crippen LogP) is 1.19. The maximum atomic E-state index is 11.9. The number of amides is 1. The molecule has 9 heteroatoms. The van der Waals surface area contributed by atoms with E-state index in [0.717, 1.165) is 51.4 Å². The summed E-state index contributed by atoms with van der Waals surface area (Å²) in [6, 6.07) is 0. The van der Waals surface area contributed by atoms with Gasteiger partial charge in [0.25, 0.3) is 0 Å². The lowest BCUT2D eigenvalue weighted by molar-refractivity contribution is -0.291. The Bertz CT molecular complexity index is 556. The molecule has 9 nitrogen and oxygen atoms in total. The molecule has 0 unspecified atom stereocenters. The molecule has 1 aliphatic heterocycles. The van der Waals surface area contributed by atoms with Crippen molar-refractivity contribution in [3.05, 3.63) is 12.2 Å². The topological polar surface area (TPSA) is 135 Å². The van der Waals surface area contributed by atoms with Crippen molar-refractivity contribution < 1.29 is 39.1 Å². The maximum absolute atomic E-state index is 11.9. The minimum Gasteiger partial charge on any atom is -0.463 e.